The first kappa shape index (κ1) is 16.8. The van der Waals surface area contributed by atoms with Crippen LogP contribution in [0.15, 0.2) is 40.9 Å². The van der Waals surface area contributed by atoms with Crippen molar-refractivity contribution in [2.24, 2.45) is 0 Å². The highest BCUT2D eigenvalue weighted by atomic mass is 79.9. The molecule has 112 valence electrons. The second-order valence-electron chi connectivity index (χ2n) is 5.12. The van der Waals surface area contributed by atoms with E-state index in [0.29, 0.717) is 10.0 Å². The van der Waals surface area contributed by atoms with Crippen LogP contribution in [-0.4, -0.2) is 6.54 Å². The van der Waals surface area contributed by atoms with Gasteiger partial charge in [-0.15, -0.1) is 0 Å². The SMILES string of the molecule is CCCNC(c1cc(C)cc(Br)c1)c1ccc(Cl)c(Cl)c1. The lowest BCUT2D eigenvalue weighted by Crippen LogP contribution is -2.23. The van der Waals surface area contributed by atoms with Gasteiger partial charge >= 0.3 is 0 Å². The van der Waals surface area contributed by atoms with E-state index in [0.717, 1.165) is 23.0 Å². The number of hydrogen-bond acceptors (Lipinski definition) is 1. The van der Waals surface area contributed by atoms with E-state index in [-0.39, 0.29) is 6.04 Å². The highest BCUT2D eigenvalue weighted by Crippen LogP contribution is 2.30. The summed E-state index contributed by atoms with van der Waals surface area (Å²) >= 11 is 15.8. The monoisotopic (exact) mass is 385 g/mol. The van der Waals surface area contributed by atoms with E-state index >= 15 is 0 Å². The number of benzene rings is 2. The maximum atomic E-state index is 6.17. The zero-order valence-electron chi connectivity index (χ0n) is 12.1. The number of rotatable bonds is 5. The first-order valence-corrected chi connectivity index (χ1v) is 8.51. The van der Waals surface area contributed by atoms with Gasteiger partial charge in [-0.25, -0.2) is 0 Å². The van der Waals surface area contributed by atoms with Crippen LogP contribution in [0.2, 0.25) is 10.0 Å². The summed E-state index contributed by atoms with van der Waals surface area (Å²) in [6, 6.07) is 12.4. The molecule has 2 aromatic rings. The molecule has 0 saturated carbocycles. The molecule has 0 bridgehead atoms. The molecule has 0 spiro atoms. The molecule has 2 rings (SSSR count). The van der Waals surface area contributed by atoms with Gasteiger partial charge in [0.15, 0.2) is 0 Å². The minimum atomic E-state index is 0.107. The van der Waals surface area contributed by atoms with Crippen LogP contribution >= 0.6 is 39.1 Å². The van der Waals surface area contributed by atoms with E-state index in [9.17, 15) is 0 Å². The summed E-state index contributed by atoms with van der Waals surface area (Å²) in [5.41, 5.74) is 3.56. The topological polar surface area (TPSA) is 12.0 Å². The van der Waals surface area contributed by atoms with Gasteiger partial charge in [0.1, 0.15) is 0 Å². The average Bonchev–Trinajstić information content (AvgIpc) is 2.42. The molecule has 0 aromatic heterocycles. The molecule has 0 aliphatic heterocycles. The fourth-order valence-electron chi connectivity index (χ4n) is 2.34. The van der Waals surface area contributed by atoms with Crippen LogP contribution in [-0.2, 0) is 0 Å². The molecule has 0 heterocycles. The molecule has 0 aliphatic rings. The smallest absolute Gasteiger partial charge is 0.0595 e. The number of nitrogens with one attached hydrogen (secondary N) is 1. The van der Waals surface area contributed by atoms with Crippen molar-refractivity contribution in [3.8, 4) is 0 Å². The molecular formula is C17H18BrCl2N. The van der Waals surface area contributed by atoms with Crippen molar-refractivity contribution in [3.63, 3.8) is 0 Å². The standard InChI is InChI=1S/C17H18BrCl2N/c1-3-6-21-17(12-4-5-15(19)16(20)10-12)13-7-11(2)8-14(18)9-13/h4-5,7-10,17,21H,3,6H2,1-2H3. The molecule has 2 aromatic carbocycles. The number of halogens is 3. The maximum Gasteiger partial charge on any atom is 0.0595 e. The zero-order valence-corrected chi connectivity index (χ0v) is 15.2. The van der Waals surface area contributed by atoms with E-state index in [4.69, 9.17) is 23.2 Å². The van der Waals surface area contributed by atoms with Crippen molar-refractivity contribution in [2.45, 2.75) is 26.3 Å². The Morgan fingerprint density at radius 1 is 1.05 bits per heavy atom. The van der Waals surface area contributed by atoms with Crippen molar-refractivity contribution < 1.29 is 0 Å². The van der Waals surface area contributed by atoms with Crippen molar-refractivity contribution >= 4 is 39.1 Å². The van der Waals surface area contributed by atoms with Gasteiger partial charge in [0.25, 0.3) is 0 Å². The second-order valence-corrected chi connectivity index (χ2v) is 6.85. The normalized spacial score (nSPS) is 12.4. The van der Waals surface area contributed by atoms with Crippen LogP contribution in [0.25, 0.3) is 0 Å². The Morgan fingerprint density at radius 3 is 2.43 bits per heavy atom. The molecule has 0 amide bonds. The van der Waals surface area contributed by atoms with Crippen LogP contribution in [0.3, 0.4) is 0 Å². The van der Waals surface area contributed by atoms with Gasteiger partial charge in [-0.1, -0.05) is 58.2 Å². The zero-order chi connectivity index (χ0) is 15.4. The fraction of sp³-hybridized carbons (Fsp3) is 0.294. The fourth-order valence-corrected chi connectivity index (χ4v) is 3.27. The van der Waals surface area contributed by atoms with Gasteiger partial charge in [0.05, 0.1) is 16.1 Å². The van der Waals surface area contributed by atoms with Gasteiger partial charge in [0.2, 0.25) is 0 Å². The molecule has 0 saturated heterocycles. The molecule has 1 atom stereocenters. The minimum absolute atomic E-state index is 0.107. The van der Waals surface area contributed by atoms with Gasteiger partial charge in [-0.3, -0.25) is 0 Å². The highest BCUT2D eigenvalue weighted by Gasteiger charge is 2.15. The predicted molar refractivity (Wildman–Crippen MR) is 95.5 cm³/mol. The summed E-state index contributed by atoms with van der Waals surface area (Å²) in [6.45, 7) is 5.20. The molecule has 1 N–H and O–H groups in total. The summed E-state index contributed by atoms with van der Waals surface area (Å²) in [5, 5.41) is 4.75. The van der Waals surface area contributed by atoms with Crippen molar-refractivity contribution in [1.29, 1.82) is 0 Å². The van der Waals surface area contributed by atoms with Gasteiger partial charge in [-0.05, 0) is 60.8 Å². The molecule has 0 fully saturated rings. The summed E-state index contributed by atoms with van der Waals surface area (Å²) in [7, 11) is 0. The van der Waals surface area contributed by atoms with E-state index in [1.54, 1.807) is 0 Å². The third-order valence-corrected chi connectivity index (χ3v) is 4.47. The third-order valence-electron chi connectivity index (χ3n) is 3.27. The van der Waals surface area contributed by atoms with Crippen LogP contribution in [0, 0.1) is 6.92 Å². The van der Waals surface area contributed by atoms with E-state index in [1.807, 2.05) is 18.2 Å². The molecule has 1 unspecified atom stereocenters. The average molecular weight is 387 g/mol. The molecule has 4 heteroatoms. The van der Waals surface area contributed by atoms with Gasteiger partial charge in [0, 0.05) is 4.47 Å². The second kappa shape index (κ2) is 7.64. The first-order chi connectivity index (χ1) is 10.0. The maximum absolute atomic E-state index is 6.17. The predicted octanol–water partition coefficient (Wildman–Crippen LogP) is 6.15. The highest BCUT2D eigenvalue weighted by molar-refractivity contribution is 9.10. The molecule has 1 nitrogen and oxygen atoms in total. The summed E-state index contributed by atoms with van der Waals surface area (Å²) in [6.07, 6.45) is 1.07. The Labute approximate surface area is 144 Å². The molecular weight excluding hydrogens is 369 g/mol. The van der Waals surface area contributed by atoms with Crippen LogP contribution in [0.5, 0.6) is 0 Å². The van der Waals surface area contributed by atoms with Crippen molar-refractivity contribution in [1.82, 2.24) is 5.32 Å². The van der Waals surface area contributed by atoms with Crippen LogP contribution < -0.4 is 5.32 Å². The Morgan fingerprint density at radius 2 is 1.81 bits per heavy atom. The van der Waals surface area contributed by atoms with Crippen LogP contribution in [0.4, 0.5) is 0 Å². The van der Waals surface area contributed by atoms with E-state index in [2.05, 4.69) is 53.3 Å². The third kappa shape index (κ3) is 4.46. The first-order valence-electron chi connectivity index (χ1n) is 6.96. The molecule has 0 radical (unpaired) electrons. The Balaban J connectivity index is 2.43. The van der Waals surface area contributed by atoms with E-state index < -0.39 is 0 Å². The van der Waals surface area contributed by atoms with Crippen molar-refractivity contribution in [3.05, 3.63) is 67.6 Å². The quantitative estimate of drug-likeness (QED) is 0.649. The lowest BCUT2D eigenvalue weighted by Gasteiger charge is -2.21. The Kier molecular flexibility index (Phi) is 6.12. The Hall–Kier alpha value is -0.540. The largest absolute Gasteiger partial charge is 0.306 e. The minimum Gasteiger partial charge on any atom is -0.306 e. The molecule has 0 aliphatic carbocycles. The summed E-state index contributed by atoms with van der Waals surface area (Å²) < 4.78 is 1.08. The van der Waals surface area contributed by atoms with Crippen LogP contribution in [0.1, 0.15) is 36.1 Å². The lowest BCUT2D eigenvalue weighted by molar-refractivity contribution is 0.598. The lowest BCUT2D eigenvalue weighted by atomic mass is 9.97. The van der Waals surface area contributed by atoms with Gasteiger partial charge in [-0.2, -0.15) is 0 Å². The van der Waals surface area contributed by atoms with E-state index in [1.165, 1.54) is 11.1 Å². The van der Waals surface area contributed by atoms with Gasteiger partial charge < -0.3 is 5.32 Å². The van der Waals surface area contributed by atoms with Crippen molar-refractivity contribution in [2.75, 3.05) is 6.54 Å². The Bertz CT molecular complexity index is 608. The summed E-state index contributed by atoms with van der Waals surface area (Å²) in [4.78, 5) is 0. The molecule has 21 heavy (non-hydrogen) atoms. The number of aryl methyl sites for hydroxylation is 1. The number of hydrogen-bond donors (Lipinski definition) is 1. The summed E-state index contributed by atoms with van der Waals surface area (Å²) in [5.74, 6) is 0.